The average Bonchev–Trinajstić information content (AvgIpc) is 2.44. The quantitative estimate of drug-likeness (QED) is 0.871. The van der Waals surface area contributed by atoms with Crippen LogP contribution in [0.2, 0.25) is 10.0 Å². The van der Waals surface area contributed by atoms with Crippen LogP contribution in [-0.2, 0) is 4.74 Å². The Labute approximate surface area is 128 Å². The summed E-state index contributed by atoms with van der Waals surface area (Å²) in [6.07, 6.45) is 1.97. The van der Waals surface area contributed by atoms with E-state index in [4.69, 9.17) is 33.7 Å². The molecule has 1 amide bonds. The van der Waals surface area contributed by atoms with Gasteiger partial charge in [-0.3, -0.25) is 4.79 Å². The van der Waals surface area contributed by atoms with E-state index in [1.165, 1.54) is 0 Å². The molecule has 1 heterocycles. The molecule has 0 saturated carbocycles. The highest BCUT2D eigenvalue weighted by Crippen LogP contribution is 2.30. The summed E-state index contributed by atoms with van der Waals surface area (Å²) < 4.78 is 5.57. The van der Waals surface area contributed by atoms with Gasteiger partial charge in [-0.25, -0.2) is 0 Å². The molecule has 1 fully saturated rings. The predicted octanol–water partition coefficient (Wildman–Crippen LogP) is 3.22. The van der Waals surface area contributed by atoms with Gasteiger partial charge in [-0.15, -0.1) is 0 Å². The second-order valence-electron chi connectivity index (χ2n) is 4.81. The third-order valence-corrected chi connectivity index (χ3v) is 4.25. The molecule has 2 N–H and O–H groups in total. The number of rotatable bonds is 3. The minimum Gasteiger partial charge on any atom is -0.397 e. The van der Waals surface area contributed by atoms with Gasteiger partial charge < -0.3 is 15.4 Å². The number of anilines is 1. The van der Waals surface area contributed by atoms with Crippen LogP contribution >= 0.6 is 23.2 Å². The lowest BCUT2D eigenvalue weighted by Gasteiger charge is -2.32. The Kier molecular flexibility index (Phi) is 5.13. The number of likely N-dealkylation sites (tertiary alicyclic amines) is 1. The third-order valence-electron chi connectivity index (χ3n) is 3.43. The first-order chi connectivity index (χ1) is 9.52. The number of amides is 1. The number of hydrogen-bond donors (Lipinski definition) is 1. The first kappa shape index (κ1) is 15.4. The molecule has 110 valence electrons. The lowest BCUT2D eigenvalue weighted by atomic mass is 10.1. The molecule has 4 nitrogen and oxygen atoms in total. The number of piperidine rings is 1. The minimum atomic E-state index is -0.0646. The number of carbonyl (C=O) groups excluding carboxylic acids is 1. The average molecular weight is 317 g/mol. The summed E-state index contributed by atoms with van der Waals surface area (Å²) in [5.41, 5.74) is 6.55. The molecule has 0 bridgehead atoms. The maximum absolute atomic E-state index is 12.4. The minimum absolute atomic E-state index is 0.0646. The van der Waals surface area contributed by atoms with Gasteiger partial charge in [-0.2, -0.15) is 0 Å². The van der Waals surface area contributed by atoms with Gasteiger partial charge in [0.15, 0.2) is 0 Å². The number of carbonyl (C=O) groups is 1. The highest BCUT2D eigenvalue weighted by molar-refractivity contribution is 6.43. The summed E-state index contributed by atoms with van der Waals surface area (Å²) >= 11 is 11.9. The van der Waals surface area contributed by atoms with Crippen LogP contribution in [0.15, 0.2) is 12.1 Å². The predicted molar refractivity (Wildman–Crippen MR) is 81.4 cm³/mol. The van der Waals surface area contributed by atoms with Gasteiger partial charge in [0.2, 0.25) is 0 Å². The molecule has 0 aromatic heterocycles. The topological polar surface area (TPSA) is 55.6 Å². The van der Waals surface area contributed by atoms with E-state index >= 15 is 0 Å². The Hall–Kier alpha value is -0.970. The standard InChI is InChI=1S/C14H18Cl2N2O2/c1-2-20-10-3-5-18(6-4-10)14(19)9-7-11(15)13(16)12(17)8-9/h7-8,10H,2-6,17H2,1H3. The summed E-state index contributed by atoms with van der Waals surface area (Å²) in [4.78, 5) is 14.2. The van der Waals surface area contributed by atoms with Gasteiger partial charge in [0, 0.05) is 25.3 Å². The Morgan fingerprint density at radius 1 is 1.40 bits per heavy atom. The molecule has 1 aromatic carbocycles. The number of hydrogen-bond acceptors (Lipinski definition) is 3. The molecule has 0 spiro atoms. The molecule has 1 saturated heterocycles. The van der Waals surface area contributed by atoms with Crippen LogP contribution in [0.5, 0.6) is 0 Å². The Morgan fingerprint density at radius 3 is 2.60 bits per heavy atom. The van der Waals surface area contributed by atoms with E-state index in [1.54, 1.807) is 17.0 Å². The Bertz CT molecular complexity index is 477. The lowest BCUT2D eigenvalue weighted by Crippen LogP contribution is -2.40. The maximum atomic E-state index is 12.4. The van der Waals surface area contributed by atoms with Crippen LogP contribution in [0.25, 0.3) is 0 Å². The van der Waals surface area contributed by atoms with Crippen LogP contribution in [-0.4, -0.2) is 36.6 Å². The summed E-state index contributed by atoms with van der Waals surface area (Å²) in [6.45, 7) is 4.06. The van der Waals surface area contributed by atoms with Gasteiger partial charge >= 0.3 is 0 Å². The van der Waals surface area contributed by atoms with E-state index in [0.717, 1.165) is 12.8 Å². The highest BCUT2D eigenvalue weighted by Gasteiger charge is 2.24. The zero-order valence-corrected chi connectivity index (χ0v) is 12.9. The van der Waals surface area contributed by atoms with Crippen molar-refractivity contribution >= 4 is 34.8 Å². The SMILES string of the molecule is CCOC1CCN(C(=O)c2cc(N)c(Cl)c(Cl)c2)CC1. The second-order valence-corrected chi connectivity index (χ2v) is 5.59. The van der Waals surface area contributed by atoms with Crippen molar-refractivity contribution in [3.63, 3.8) is 0 Å². The third kappa shape index (κ3) is 3.37. The van der Waals surface area contributed by atoms with Crippen molar-refractivity contribution in [2.45, 2.75) is 25.9 Å². The van der Waals surface area contributed by atoms with Crippen molar-refractivity contribution in [1.29, 1.82) is 0 Å². The van der Waals surface area contributed by atoms with Gasteiger partial charge in [0.05, 0.1) is 21.8 Å². The van der Waals surface area contributed by atoms with Crippen LogP contribution < -0.4 is 5.73 Å². The molecule has 1 aliphatic heterocycles. The van der Waals surface area contributed by atoms with E-state index in [1.807, 2.05) is 6.92 Å². The normalized spacial score (nSPS) is 16.4. The van der Waals surface area contributed by atoms with Gasteiger partial charge in [0.25, 0.3) is 5.91 Å². The molecule has 0 atom stereocenters. The summed E-state index contributed by atoms with van der Waals surface area (Å²) in [7, 11) is 0. The van der Waals surface area contributed by atoms with Gasteiger partial charge in [-0.05, 0) is 31.9 Å². The van der Waals surface area contributed by atoms with E-state index < -0.39 is 0 Å². The van der Waals surface area contributed by atoms with Crippen LogP contribution in [0, 0.1) is 0 Å². The van der Waals surface area contributed by atoms with E-state index in [0.29, 0.717) is 41.0 Å². The van der Waals surface area contributed by atoms with E-state index in [2.05, 4.69) is 0 Å². The fraction of sp³-hybridized carbons (Fsp3) is 0.500. The molecule has 20 heavy (non-hydrogen) atoms. The number of nitrogen functional groups attached to an aromatic ring is 1. The fourth-order valence-corrected chi connectivity index (χ4v) is 2.71. The van der Waals surface area contributed by atoms with Crippen molar-refractivity contribution in [2.75, 3.05) is 25.4 Å². The molecular weight excluding hydrogens is 299 g/mol. The fourth-order valence-electron chi connectivity index (χ4n) is 2.38. The number of halogens is 2. The zero-order valence-electron chi connectivity index (χ0n) is 11.4. The van der Waals surface area contributed by atoms with Crippen molar-refractivity contribution in [3.8, 4) is 0 Å². The molecule has 0 radical (unpaired) electrons. The summed E-state index contributed by atoms with van der Waals surface area (Å²) in [6, 6.07) is 3.14. The number of benzene rings is 1. The van der Waals surface area contributed by atoms with Crippen LogP contribution in [0.4, 0.5) is 5.69 Å². The monoisotopic (exact) mass is 316 g/mol. The summed E-state index contributed by atoms with van der Waals surface area (Å²) in [5, 5.41) is 0.595. The Morgan fingerprint density at radius 2 is 2.05 bits per heavy atom. The van der Waals surface area contributed by atoms with E-state index in [9.17, 15) is 4.79 Å². The van der Waals surface area contributed by atoms with Crippen molar-refractivity contribution in [2.24, 2.45) is 0 Å². The van der Waals surface area contributed by atoms with Gasteiger partial charge in [-0.1, -0.05) is 23.2 Å². The summed E-state index contributed by atoms with van der Waals surface area (Å²) in [5.74, 6) is -0.0646. The molecule has 1 aliphatic rings. The molecular formula is C14H18Cl2N2O2. The van der Waals surface area contributed by atoms with Crippen LogP contribution in [0.3, 0.4) is 0 Å². The van der Waals surface area contributed by atoms with Crippen molar-refractivity contribution < 1.29 is 9.53 Å². The number of nitrogens with zero attached hydrogens (tertiary/aromatic N) is 1. The second kappa shape index (κ2) is 6.66. The molecule has 6 heteroatoms. The largest absolute Gasteiger partial charge is 0.397 e. The maximum Gasteiger partial charge on any atom is 0.253 e. The highest BCUT2D eigenvalue weighted by atomic mass is 35.5. The van der Waals surface area contributed by atoms with Gasteiger partial charge in [0.1, 0.15) is 0 Å². The zero-order chi connectivity index (χ0) is 14.7. The number of ether oxygens (including phenoxy) is 1. The molecule has 1 aromatic rings. The van der Waals surface area contributed by atoms with Crippen LogP contribution in [0.1, 0.15) is 30.1 Å². The molecule has 0 unspecified atom stereocenters. The first-order valence-electron chi connectivity index (χ1n) is 6.68. The smallest absolute Gasteiger partial charge is 0.253 e. The van der Waals surface area contributed by atoms with Crippen molar-refractivity contribution in [1.82, 2.24) is 4.90 Å². The van der Waals surface area contributed by atoms with E-state index in [-0.39, 0.29) is 12.0 Å². The number of nitrogens with two attached hydrogens (primary N) is 1. The van der Waals surface area contributed by atoms with Crippen molar-refractivity contribution in [3.05, 3.63) is 27.7 Å². The molecule has 0 aliphatic carbocycles. The first-order valence-corrected chi connectivity index (χ1v) is 7.44. The Balaban J connectivity index is 2.06. The lowest BCUT2D eigenvalue weighted by molar-refractivity contribution is 0.0146. The molecule has 2 rings (SSSR count).